The molecule has 5 atom stereocenters. The largest absolute Gasteiger partial charge is 0.467 e. The Bertz CT molecular complexity index is 528. The van der Waals surface area contributed by atoms with Crippen molar-refractivity contribution in [3.8, 4) is 0 Å². The first-order valence-electron chi connectivity index (χ1n) is 8.67. The summed E-state index contributed by atoms with van der Waals surface area (Å²) in [6, 6.07) is 0. The maximum atomic E-state index is 12.2. The van der Waals surface area contributed by atoms with Gasteiger partial charge in [-0.1, -0.05) is 20.8 Å². The molecule has 1 saturated carbocycles. The lowest BCUT2D eigenvalue weighted by Gasteiger charge is -2.47. The van der Waals surface area contributed by atoms with E-state index in [1.165, 1.54) is 7.11 Å². The molecule has 1 aliphatic heterocycles. The number of aliphatic hydroxyl groups excluding tert-OH is 1. The first kappa shape index (κ1) is 20.8. The summed E-state index contributed by atoms with van der Waals surface area (Å²) < 4.78 is 22.9. The molecule has 0 amide bonds. The predicted octanol–water partition coefficient (Wildman–Crippen LogP) is 1.57. The quantitative estimate of drug-likeness (QED) is 0.570. The minimum absolute atomic E-state index is 0.0586. The zero-order chi connectivity index (χ0) is 19.4. The average Bonchev–Trinajstić information content (AvgIpc) is 2.78. The fourth-order valence-corrected chi connectivity index (χ4v) is 4.54. The molecule has 7 nitrogen and oxygen atoms in total. The van der Waals surface area contributed by atoms with Crippen molar-refractivity contribution >= 4 is 14.3 Å². The first-order valence-corrected chi connectivity index (χ1v) is 11.6. The number of hydrogen-bond donors (Lipinski definition) is 2. The Kier molecular flexibility index (Phi) is 5.22. The van der Waals surface area contributed by atoms with Crippen molar-refractivity contribution in [2.45, 2.75) is 95.0 Å². The predicted molar refractivity (Wildman–Crippen MR) is 93.5 cm³/mol. The minimum Gasteiger partial charge on any atom is -0.467 e. The molecule has 2 rings (SSSR count). The van der Waals surface area contributed by atoms with Gasteiger partial charge in [0.15, 0.2) is 19.7 Å². The van der Waals surface area contributed by atoms with Crippen molar-refractivity contribution in [2.24, 2.45) is 0 Å². The van der Waals surface area contributed by atoms with E-state index in [-0.39, 0.29) is 11.5 Å². The number of carbonyl (C=O) groups is 1. The van der Waals surface area contributed by atoms with Crippen LogP contribution in [-0.4, -0.2) is 67.4 Å². The monoisotopic (exact) mass is 376 g/mol. The van der Waals surface area contributed by atoms with E-state index in [9.17, 15) is 15.0 Å². The summed E-state index contributed by atoms with van der Waals surface area (Å²) in [7, 11) is -1.03. The van der Waals surface area contributed by atoms with Crippen molar-refractivity contribution in [3.63, 3.8) is 0 Å². The van der Waals surface area contributed by atoms with Gasteiger partial charge in [0, 0.05) is 6.42 Å². The molecule has 0 aromatic carbocycles. The summed E-state index contributed by atoms with van der Waals surface area (Å²) >= 11 is 0. The SMILES string of the molecule is COC(=O)[C@@]1(O)C[C@@H](O[Si](C)(C)C(C)(C)C)[C@H]2OC(C)(C)O[C@H]2[C@@H]1O. The second-order valence-corrected chi connectivity index (χ2v) is 13.8. The van der Waals surface area contributed by atoms with Crippen LogP contribution in [0.3, 0.4) is 0 Å². The number of esters is 1. The third-order valence-electron chi connectivity index (χ3n) is 5.63. The Labute approximate surface area is 150 Å². The Morgan fingerprint density at radius 2 is 1.72 bits per heavy atom. The third kappa shape index (κ3) is 3.65. The van der Waals surface area contributed by atoms with Gasteiger partial charge in [0.05, 0.1) is 13.2 Å². The molecule has 0 bridgehead atoms. The maximum absolute atomic E-state index is 12.2. The fourth-order valence-electron chi connectivity index (χ4n) is 3.21. The second kappa shape index (κ2) is 6.28. The lowest BCUT2D eigenvalue weighted by atomic mass is 9.77. The number of rotatable bonds is 3. The summed E-state index contributed by atoms with van der Waals surface area (Å²) in [5, 5.41) is 21.4. The van der Waals surface area contributed by atoms with Crippen molar-refractivity contribution < 1.29 is 33.6 Å². The first-order chi connectivity index (χ1) is 11.1. The van der Waals surface area contributed by atoms with Crippen LogP contribution in [0.25, 0.3) is 0 Å². The molecule has 25 heavy (non-hydrogen) atoms. The normalized spacial score (nSPS) is 38.3. The van der Waals surface area contributed by atoms with Crippen LogP contribution < -0.4 is 0 Å². The molecule has 2 fully saturated rings. The Balaban J connectivity index is 2.38. The molecule has 1 saturated heterocycles. The van der Waals surface area contributed by atoms with E-state index in [1.807, 2.05) is 0 Å². The number of hydrogen-bond acceptors (Lipinski definition) is 7. The number of carbonyl (C=O) groups excluding carboxylic acids is 1. The molecule has 2 aliphatic rings. The highest BCUT2D eigenvalue weighted by atomic mass is 28.4. The van der Waals surface area contributed by atoms with Gasteiger partial charge in [-0.3, -0.25) is 0 Å². The summed E-state index contributed by atoms with van der Waals surface area (Å²) in [6.45, 7) is 14.0. The molecule has 1 heterocycles. The topological polar surface area (TPSA) is 94.5 Å². The van der Waals surface area contributed by atoms with Gasteiger partial charge in [-0.2, -0.15) is 0 Å². The van der Waals surface area contributed by atoms with Crippen molar-refractivity contribution in [1.82, 2.24) is 0 Å². The van der Waals surface area contributed by atoms with E-state index in [2.05, 4.69) is 33.9 Å². The van der Waals surface area contributed by atoms with E-state index in [4.69, 9.17) is 18.6 Å². The zero-order valence-electron chi connectivity index (χ0n) is 16.5. The average molecular weight is 377 g/mol. The summed E-state index contributed by atoms with van der Waals surface area (Å²) in [5.74, 6) is -1.83. The molecule has 0 aromatic rings. The van der Waals surface area contributed by atoms with Crippen LogP contribution in [0.1, 0.15) is 41.0 Å². The maximum Gasteiger partial charge on any atom is 0.340 e. The minimum atomic E-state index is -2.21. The van der Waals surface area contributed by atoms with Gasteiger partial charge < -0.3 is 28.8 Å². The summed E-state index contributed by atoms with van der Waals surface area (Å²) in [4.78, 5) is 12.2. The second-order valence-electron chi connectivity index (χ2n) is 9.05. The molecular formula is C17H32O7Si. The van der Waals surface area contributed by atoms with Gasteiger partial charge in [0.2, 0.25) is 0 Å². The van der Waals surface area contributed by atoms with Crippen molar-refractivity contribution in [3.05, 3.63) is 0 Å². The van der Waals surface area contributed by atoms with E-state index in [1.54, 1.807) is 13.8 Å². The van der Waals surface area contributed by atoms with Gasteiger partial charge in [0.1, 0.15) is 18.3 Å². The van der Waals surface area contributed by atoms with Crippen LogP contribution >= 0.6 is 0 Å². The van der Waals surface area contributed by atoms with Crippen LogP contribution in [0, 0.1) is 0 Å². The molecule has 1 aliphatic carbocycles. The zero-order valence-corrected chi connectivity index (χ0v) is 17.5. The Morgan fingerprint density at radius 1 is 1.20 bits per heavy atom. The van der Waals surface area contributed by atoms with Crippen LogP contribution in [0.2, 0.25) is 18.1 Å². The third-order valence-corrected chi connectivity index (χ3v) is 10.1. The molecule has 2 N–H and O–H groups in total. The van der Waals surface area contributed by atoms with Gasteiger partial charge in [-0.25, -0.2) is 4.79 Å². The number of ether oxygens (including phenoxy) is 3. The summed E-state index contributed by atoms with van der Waals surface area (Å²) in [5.41, 5.74) is -2.09. The van der Waals surface area contributed by atoms with E-state index >= 15 is 0 Å². The van der Waals surface area contributed by atoms with Crippen LogP contribution in [0.4, 0.5) is 0 Å². The van der Waals surface area contributed by atoms with E-state index < -0.39 is 50.1 Å². The number of aliphatic hydroxyl groups is 2. The van der Waals surface area contributed by atoms with Crippen molar-refractivity contribution in [2.75, 3.05) is 7.11 Å². The number of methoxy groups -OCH3 is 1. The van der Waals surface area contributed by atoms with Gasteiger partial charge in [0.25, 0.3) is 0 Å². The molecule has 8 heteroatoms. The van der Waals surface area contributed by atoms with Gasteiger partial charge >= 0.3 is 5.97 Å². The van der Waals surface area contributed by atoms with Gasteiger partial charge in [-0.05, 0) is 32.0 Å². The van der Waals surface area contributed by atoms with E-state index in [0.29, 0.717) is 0 Å². The Morgan fingerprint density at radius 3 is 2.20 bits per heavy atom. The van der Waals surface area contributed by atoms with Crippen LogP contribution in [0.5, 0.6) is 0 Å². The molecule has 0 aromatic heterocycles. The highest BCUT2D eigenvalue weighted by molar-refractivity contribution is 6.74. The van der Waals surface area contributed by atoms with Crippen molar-refractivity contribution in [1.29, 1.82) is 0 Å². The number of fused-ring (bicyclic) bond motifs is 1. The highest BCUT2D eigenvalue weighted by Crippen LogP contribution is 2.46. The smallest absolute Gasteiger partial charge is 0.340 e. The lowest BCUT2D eigenvalue weighted by molar-refractivity contribution is -0.210. The van der Waals surface area contributed by atoms with Crippen LogP contribution in [-0.2, 0) is 23.4 Å². The standard InChI is InChI=1S/C17H32O7Si/c1-15(2,3)25(7,8)24-10-9-17(20,14(19)21-6)13(18)12-11(10)22-16(4,5)23-12/h10-13,18,20H,9H2,1-8H3/t10-,11-,12-,13+,17-/m1/s1. The Hall–Kier alpha value is -0.513. The fraction of sp³-hybridized carbons (Fsp3) is 0.941. The summed E-state index contributed by atoms with van der Waals surface area (Å²) in [6.07, 6.45) is -3.58. The molecule has 146 valence electrons. The van der Waals surface area contributed by atoms with Gasteiger partial charge in [-0.15, -0.1) is 0 Å². The van der Waals surface area contributed by atoms with E-state index in [0.717, 1.165) is 0 Å². The molecular weight excluding hydrogens is 344 g/mol. The van der Waals surface area contributed by atoms with Crippen LogP contribution in [0.15, 0.2) is 0 Å². The molecule has 0 radical (unpaired) electrons. The highest BCUT2D eigenvalue weighted by Gasteiger charge is 2.63. The molecule has 0 spiro atoms. The lowest BCUT2D eigenvalue weighted by Crippen LogP contribution is -2.67. The molecule has 0 unspecified atom stereocenters.